The van der Waals surface area contributed by atoms with E-state index in [0.717, 1.165) is 6.07 Å². The highest BCUT2D eigenvalue weighted by molar-refractivity contribution is 5.82. The van der Waals surface area contributed by atoms with Crippen LogP contribution in [0.3, 0.4) is 0 Å². The number of rotatable bonds is 7. The van der Waals surface area contributed by atoms with Crippen molar-refractivity contribution in [2.75, 3.05) is 21.3 Å². The lowest BCUT2D eigenvalue weighted by atomic mass is 9.92. The molecule has 0 aliphatic rings. The Kier molecular flexibility index (Phi) is 6.45. The Balaban J connectivity index is 2.29. The number of pyridine rings is 1. The topological polar surface area (TPSA) is 117 Å². The lowest BCUT2D eigenvalue weighted by molar-refractivity contribution is -0.140. The first-order chi connectivity index (χ1) is 14.8. The molecule has 0 spiro atoms. The molecule has 0 saturated carbocycles. The number of carbonyl (C=O) groups excluding carboxylic acids is 1. The Labute approximate surface area is 177 Å². The highest BCUT2D eigenvalue weighted by Gasteiger charge is 2.29. The molecule has 31 heavy (non-hydrogen) atoms. The van der Waals surface area contributed by atoms with E-state index in [0.29, 0.717) is 16.7 Å². The number of benzene rings is 1. The number of esters is 1. The van der Waals surface area contributed by atoms with E-state index in [1.165, 1.54) is 25.9 Å². The smallest absolute Gasteiger partial charge is 0.306 e. The van der Waals surface area contributed by atoms with Gasteiger partial charge in [0, 0.05) is 31.9 Å². The Morgan fingerprint density at radius 3 is 2.55 bits per heavy atom. The van der Waals surface area contributed by atoms with Gasteiger partial charge >= 0.3 is 5.97 Å². The summed E-state index contributed by atoms with van der Waals surface area (Å²) in [4.78, 5) is 37.6. The van der Waals surface area contributed by atoms with Gasteiger partial charge in [-0.05, 0) is 23.6 Å². The zero-order valence-corrected chi connectivity index (χ0v) is 17.6. The molecule has 1 aromatic carbocycles. The SMILES string of the molecule is COCc1cc(=O)c(O)c([C@H](CC(=O)OC)c2cc3ccc(OC)cc3n(C)c2=O)o1. The van der Waals surface area contributed by atoms with E-state index < -0.39 is 28.6 Å². The van der Waals surface area contributed by atoms with Crippen LogP contribution < -0.4 is 15.7 Å². The number of aromatic nitrogens is 1. The minimum absolute atomic E-state index is 0.0248. The van der Waals surface area contributed by atoms with Crippen LogP contribution in [0.2, 0.25) is 0 Å². The van der Waals surface area contributed by atoms with Crippen LogP contribution in [0.25, 0.3) is 10.9 Å². The van der Waals surface area contributed by atoms with Crippen molar-refractivity contribution in [3.8, 4) is 11.5 Å². The number of hydrogen-bond donors (Lipinski definition) is 1. The average Bonchev–Trinajstić information content (AvgIpc) is 2.77. The molecule has 164 valence electrons. The highest BCUT2D eigenvalue weighted by Crippen LogP contribution is 2.33. The molecule has 9 nitrogen and oxygen atoms in total. The maximum absolute atomic E-state index is 13.2. The van der Waals surface area contributed by atoms with Crippen molar-refractivity contribution in [2.24, 2.45) is 7.05 Å². The molecule has 0 fully saturated rings. The molecule has 1 atom stereocenters. The third-order valence-corrected chi connectivity index (χ3v) is 5.04. The number of methoxy groups -OCH3 is 3. The molecule has 2 aromatic heterocycles. The van der Waals surface area contributed by atoms with Gasteiger partial charge in [-0.25, -0.2) is 0 Å². The van der Waals surface area contributed by atoms with Crippen LogP contribution in [0, 0.1) is 0 Å². The molecule has 0 saturated heterocycles. The Morgan fingerprint density at radius 1 is 1.16 bits per heavy atom. The summed E-state index contributed by atoms with van der Waals surface area (Å²) >= 11 is 0. The normalized spacial score (nSPS) is 12.0. The summed E-state index contributed by atoms with van der Waals surface area (Å²) in [5, 5.41) is 11.1. The lowest BCUT2D eigenvalue weighted by Gasteiger charge is -2.19. The molecule has 9 heteroatoms. The average molecular weight is 429 g/mol. The third-order valence-electron chi connectivity index (χ3n) is 5.04. The van der Waals surface area contributed by atoms with Gasteiger partial charge in [0.05, 0.1) is 32.1 Å². The first-order valence-corrected chi connectivity index (χ1v) is 9.40. The minimum atomic E-state index is -1.05. The van der Waals surface area contributed by atoms with Gasteiger partial charge in [-0.3, -0.25) is 14.4 Å². The van der Waals surface area contributed by atoms with Gasteiger partial charge < -0.3 is 28.3 Å². The van der Waals surface area contributed by atoms with E-state index in [4.69, 9.17) is 18.6 Å². The highest BCUT2D eigenvalue weighted by atomic mass is 16.5. The Morgan fingerprint density at radius 2 is 1.90 bits per heavy atom. The molecule has 2 heterocycles. The molecular formula is C22H23NO8. The van der Waals surface area contributed by atoms with Crippen LogP contribution in [0.5, 0.6) is 11.5 Å². The van der Waals surface area contributed by atoms with Crippen molar-refractivity contribution in [1.82, 2.24) is 4.57 Å². The van der Waals surface area contributed by atoms with E-state index in [1.807, 2.05) is 0 Å². The van der Waals surface area contributed by atoms with Gasteiger partial charge in [0.15, 0.2) is 5.76 Å². The summed E-state index contributed by atoms with van der Waals surface area (Å²) in [6.07, 6.45) is -0.319. The van der Waals surface area contributed by atoms with E-state index in [2.05, 4.69) is 0 Å². The molecule has 0 aliphatic heterocycles. The van der Waals surface area contributed by atoms with Crippen molar-refractivity contribution < 1.29 is 28.5 Å². The summed E-state index contributed by atoms with van der Waals surface area (Å²) in [5.41, 5.74) is -0.346. The van der Waals surface area contributed by atoms with Gasteiger partial charge in [-0.2, -0.15) is 0 Å². The molecule has 0 aliphatic carbocycles. The molecule has 0 unspecified atom stereocenters. The fourth-order valence-corrected chi connectivity index (χ4v) is 3.44. The first kappa shape index (κ1) is 22.1. The fourth-order valence-electron chi connectivity index (χ4n) is 3.44. The number of ether oxygens (including phenoxy) is 3. The standard InChI is InChI=1S/C22H23NO8/c1-23-17-8-13(29-3)6-5-12(17)7-16(22(23)27)15(10-19(25)30-4)21-20(26)18(24)9-14(31-21)11-28-2/h5-9,15,26H,10-11H2,1-4H3/t15-/m1/s1. The molecule has 0 radical (unpaired) electrons. The third kappa shape index (κ3) is 4.31. The van der Waals surface area contributed by atoms with E-state index >= 15 is 0 Å². The van der Waals surface area contributed by atoms with Crippen molar-refractivity contribution in [1.29, 1.82) is 0 Å². The second kappa shape index (κ2) is 9.05. The Bertz CT molecular complexity index is 1240. The first-order valence-electron chi connectivity index (χ1n) is 9.40. The van der Waals surface area contributed by atoms with E-state index in [9.17, 15) is 19.5 Å². The maximum atomic E-state index is 13.2. The van der Waals surface area contributed by atoms with Gasteiger partial charge in [0.1, 0.15) is 18.1 Å². The van der Waals surface area contributed by atoms with Gasteiger partial charge in [-0.15, -0.1) is 0 Å². The van der Waals surface area contributed by atoms with Gasteiger partial charge in [-0.1, -0.05) is 0 Å². The number of fused-ring (bicyclic) bond motifs is 1. The van der Waals surface area contributed by atoms with Crippen molar-refractivity contribution >= 4 is 16.9 Å². The molecule has 0 bridgehead atoms. The second-order valence-electron chi connectivity index (χ2n) is 6.94. The summed E-state index contributed by atoms with van der Waals surface area (Å²) in [7, 11) is 5.74. The predicted molar refractivity (Wildman–Crippen MR) is 112 cm³/mol. The van der Waals surface area contributed by atoms with Crippen LogP contribution in [0.4, 0.5) is 0 Å². The van der Waals surface area contributed by atoms with Crippen molar-refractivity contribution in [2.45, 2.75) is 18.9 Å². The van der Waals surface area contributed by atoms with Crippen LogP contribution in [0.15, 0.2) is 44.3 Å². The van der Waals surface area contributed by atoms with Crippen LogP contribution >= 0.6 is 0 Å². The van der Waals surface area contributed by atoms with Gasteiger partial charge in [0.2, 0.25) is 11.2 Å². The number of aromatic hydroxyl groups is 1. The molecule has 3 aromatic rings. The second-order valence-corrected chi connectivity index (χ2v) is 6.94. The van der Waals surface area contributed by atoms with Crippen LogP contribution in [-0.2, 0) is 27.9 Å². The van der Waals surface area contributed by atoms with Crippen LogP contribution in [-0.4, -0.2) is 37.0 Å². The van der Waals surface area contributed by atoms with Crippen molar-refractivity contribution in [3.63, 3.8) is 0 Å². The summed E-state index contributed by atoms with van der Waals surface area (Å²) in [6.45, 7) is -0.0248. The maximum Gasteiger partial charge on any atom is 0.306 e. The predicted octanol–water partition coefficient (Wildman–Crippen LogP) is 2.05. The number of hydrogen-bond acceptors (Lipinski definition) is 8. The van der Waals surface area contributed by atoms with Crippen LogP contribution in [0.1, 0.15) is 29.4 Å². The number of nitrogens with zero attached hydrogens (tertiary/aromatic N) is 1. The van der Waals surface area contributed by atoms with E-state index in [-0.39, 0.29) is 30.1 Å². The minimum Gasteiger partial charge on any atom is -0.502 e. The summed E-state index contributed by atoms with van der Waals surface area (Å²) in [5.74, 6) is -1.83. The molecule has 0 amide bonds. The largest absolute Gasteiger partial charge is 0.502 e. The number of carbonyl (C=O) groups is 1. The van der Waals surface area contributed by atoms with E-state index in [1.54, 1.807) is 31.3 Å². The number of aryl methyl sites for hydroxylation is 1. The molecule has 3 rings (SSSR count). The lowest BCUT2D eigenvalue weighted by Crippen LogP contribution is -2.26. The zero-order valence-electron chi connectivity index (χ0n) is 17.6. The Hall–Kier alpha value is -3.59. The summed E-state index contributed by atoms with van der Waals surface area (Å²) < 4.78 is 22.1. The quantitative estimate of drug-likeness (QED) is 0.567. The fraction of sp³-hybridized carbons (Fsp3) is 0.318. The zero-order chi connectivity index (χ0) is 22.7. The molecular weight excluding hydrogens is 406 g/mol. The molecule has 1 N–H and O–H groups in total. The summed E-state index contributed by atoms with van der Waals surface area (Å²) in [6, 6.07) is 7.93. The van der Waals surface area contributed by atoms with Crippen molar-refractivity contribution in [3.05, 3.63) is 68.0 Å². The van der Waals surface area contributed by atoms with Gasteiger partial charge in [0.25, 0.3) is 5.56 Å². The monoisotopic (exact) mass is 429 g/mol.